The van der Waals surface area contributed by atoms with Crippen molar-refractivity contribution in [1.82, 2.24) is 4.98 Å². The van der Waals surface area contributed by atoms with Gasteiger partial charge >= 0.3 is 0 Å². The zero-order chi connectivity index (χ0) is 13.4. The third kappa shape index (κ3) is 2.20. The maximum absolute atomic E-state index is 12.6. The molecule has 0 aliphatic rings. The molecule has 0 radical (unpaired) electrons. The summed E-state index contributed by atoms with van der Waals surface area (Å²) in [7, 11) is 0. The molecule has 0 atom stereocenters. The largest absolute Gasteiger partial charge is 0.360 e. The van der Waals surface area contributed by atoms with Gasteiger partial charge in [0.2, 0.25) is 0 Å². The number of carbonyl (C=O) groups is 1. The molecule has 0 spiro atoms. The molecule has 1 N–H and O–H groups in total. The lowest BCUT2D eigenvalue weighted by molar-refractivity contribution is 0.103. The number of carbonyl (C=O) groups excluding carboxylic acids is 1. The van der Waals surface area contributed by atoms with E-state index in [-0.39, 0.29) is 5.78 Å². The molecule has 0 bridgehead atoms. The SMILES string of the molecule is O=C(c1cc(Cl)ccc1Br)c1c[nH]c2ccccc12. The molecular formula is C15H9BrClNO. The fourth-order valence-corrected chi connectivity index (χ4v) is 2.67. The normalized spacial score (nSPS) is 10.8. The molecule has 2 aromatic carbocycles. The quantitative estimate of drug-likeness (QED) is 0.670. The van der Waals surface area contributed by atoms with E-state index >= 15 is 0 Å². The Hall–Kier alpha value is -1.58. The van der Waals surface area contributed by atoms with Crippen molar-refractivity contribution in [3.8, 4) is 0 Å². The van der Waals surface area contributed by atoms with Crippen molar-refractivity contribution in [2.45, 2.75) is 0 Å². The molecule has 2 nitrogen and oxygen atoms in total. The zero-order valence-electron chi connectivity index (χ0n) is 9.78. The standard InChI is InChI=1S/C15H9BrClNO/c16-13-6-5-9(17)7-11(13)15(19)12-8-18-14-4-2-1-3-10(12)14/h1-8,18H. The zero-order valence-corrected chi connectivity index (χ0v) is 12.1. The highest BCUT2D eigenvalue weighted by Crippen LogP contribution is 2.27. The van der Waals surface area contributed by atoms with Crippen molar-refractivity contribution in [2.75, 3.05) is 0 Å². The minimum atomic E-state index is -0.0492. The lowest BCUT2D eigenvalue weighted by Crippen LogP contribution is -2.01. The summed E-state index contributed by atoms with van der Waals surface area (Å²) in [6.07, 6.45) is 1.74. The number of rotatable bonds is 2. The number of ketones is 1. The molecule has 0 aliphatic carbocycles. The molecule has 0 fully saturated rings. The Balaban J connectivity index is 2.16. The Morgan fingerprint density at radius 1 is 1.11 bits per heavy atom. The van der Waals surface area contributed by atoms with Crippen molar-refractivity contribution in [2.24, 2.45) is 0 Å². The predicted octanol–water partition coefficient (Wildman–Crippen LogP) is 4.81. The number of para-hydroxylation sites is 1. The van der Waals surface area contributed by atoms with E-state index in [1.165, 1.54) is 0 Å². The molecule has 19 heavy (non-hydrogen) atoms. The van der Waals surface area contributed by atoms with Gasteiger partial charge in [0.05, 0.1) is 0 Å². The van der Waals surface area contributed by atoms with E-state index in [1.807, 2.05) is 24.3 Å². The first-order valence-electron chi connectivity index (χ1n) is 5.72. The van der Waals surface area contributed by atoms with E-state index in [9.17, 15) is 4.79 Å². The van der Waals surface area contributed by atoms with Gasteiger partial charge in [0.25, 0.3) is 0 Å². The van der Waals surface area contributed by atoms with Gasteiger partial charge in [-0.1, -0.05) is 45.7 Å². The molecule has 0 amide bonds. The van der Waals surface area contributed by atoms with Crippen LogP contribution in [0.25, 0.3) is 10.9 Å². The molecule has 4 heteroatoms. The fourth-order valence-electron chi connectivity index (χ4n) is 2.08. The monoisotopic (exact) mass is 333 g/mol. The van der Waals surface area contributed by atoms with Gasteiger partial charge < -0.3 is 4.98 Å². The van der Waals surface area contributed by atoms with Gasteiger partial charge in [-0.15, -0.1) is 0 Å². The second kappa shape index (κ2) is 4.83. The molecule has 94 valence electrons. The average molecular weight is 335 g/mol. The van der Waals surface area contributed by atoms with Crippen LogP contribution in [0.2, 0.25) is 5.02 Å². The van der Waals surface area contributed by atoms with E-state index < -0.39 is 0 Å². The van der Waals surface area contributed by atoms with Gasteiger partial charge in [-0.05, 0) is 24.3 Å². The molecule has 0 saturated carbocycles. The maximum atomic E-state index is 12.6. The van der Waals surface area contributed by atoms with Crippen molar-refractivity contribution < 1.29 is 4.79 Å². The van der Waals surface area contributed by atoms with Crippen LogP contribution in [0.1, 0.15) is 15.9 Å². The Morgan fingerprint density at radius 3 is 2.74 bits per heavy atom. The van der Waals surface area contributed by atoms with Gasteiger partial charge in [-0.3, -0.25) is 4.79 Å². The number of aromatic amines is 1. The summed E-state index contributed by atoms with van der Waals surface area (Å²) in [5.41, 5.74) is 2.17. The minimum absolute atomic E-state index is 0.0492. The second-order valence-corrected chi connectivity index (χ2v) is 5.49. The summed E-state index contributed by atoms with van der Waals surface area (Å²) >= 11 is 9.35. The Kier molecular flexibility index (Phi) is 3.17. The summed E-state index contributed by atoms with van der Waals surface area (Å²) in [6, 6.07) is 12.9. The van der Waals surface area contributed by atoms with Gasteiger partial charge in [0.15, 0.2) is 5.78 Å². The first kappa shape index (κ1) is 12.5. The maximum Gasteiger partial charge on any atom is 0.196 e. The van der Waals surface area contributed by atoms with Crippen LogP contribution in [0, 0.1) is 0 Å². The number of hydrogen-bond donors (Lipinski definition) is 1. The lowest BCUT2D eigenvalue weighted by atomic mass is 10.0. The fraction of sp³-hybridized carbons (Fsp3) is 0. The Morgan fingerprint density at radius 2 is 1.89 bits per heavy atom. The first-order valence-corrected chi connectivity index (χ1v) is 6.90. The van der Waals surface area contributed by atoms with Gasteiger partial charge in [-0.2, -0.15) is 0 Å². The van der Waals surface area contributed by atoms with Crippen LogP contribution >= 0.6 is 27.5 Å². The van der Waals surface area contributed by atoms with Crippen molar-refractivity contribution in [3.05, 3.63) is 69.3 Å². The number of aromatic nitrogens is 1. The van der Waals surface area contributed by atoms with Crippen LogP contribution in [0.15, 0.2) is 53.1 Å². The number of nitrogens with one attached hydrogen (secondary N) is 1. The summed E-state index contributed by atoms with van der Waals surface area (Å²) in [5, 5.41) is 1.46. The van der Waals surface area contributed by atoms with Crippen LogP contribution in [-0.4, -0.2) is 10.8 Å². The third-order valence-electron chi connectivity index (χ3n) is 3.01. The van der Waals surface area contributed by atoms with E-state index in [4.69, 9.17) is 11.6 Å². The predicted molar refractivity (Wildman–Crippen MR) is 80.9 cm³/mol. The molecule has 3 aromatic rings. The molecule has 0 unspecified atom stereocenters. The summed E-state index contributed by atoms with van der Waals surface area (Å²) < 4.78 is 0.743. The van der Waals surface area contributed by atoms with E-state index in [0.717, 1.165) is 15.4 Å². The van der Waals surface area contributed by atoms with Gasteiger partial charge in [0.1, 0.15) is 0 Å². The van der Waals surface area contributed by atoms with Crippen LogP contribution in [0.3, 0.4) is 0 Å². The first-order chi connectivity index (χ1) is 9.16. The number of hydrogen-bond acceptors (Lipinski definition) is 1. The smallest absolute Gasteiger partial charge is 0.196 e. The van der Waals surface area contributed by atoms with E-state index in [0.29, 0.717) is 16.1 Å². The summed E-state index contributed by atoms with van der Waals surface area (Å²) in [4.78, 5) is 15.7. The number of benzene rings is 2. The Labute approximate surface area is 123 Å². The average Bonchev–Trinajstić information content (AvgIpc) is 2.84. The number of halogens is 2. The van der Waals surface area contributed by atoms with Crippen LogP contribution in [-0.2, 0) is 0 Å². The third-order valence-corrected chi connectivity index (χ3v) is 3.93. The van der Waals surface area contributed by atoms with Crippen LogP contribution in [0.5, 0.6) is 0 Å². The van der Waals surface area contributed by atoms with Gasteiger partial charge in [0, 0.05) is 37.7 Å². The van der Waals surface area contributed by atoms with E-state index in [1.54, 1.807) is 24.4 Å². The highest BCUT2D eigenvalue weighted by molar-refractivity contribution is 9.10. The number of fused-ring (bicyclic) bond motifs is 1. The summed E-state index contributed by atoms with van der Waals surface area (Å²) in [5.74, 6) is -0.0492. The highest BCUT2D eigenvalue weighted by Gasteiger charge is 2.16. The van der Waals surface area contributed by atoms with Crippen molar-refractivity contribution in [1.29, 1.82) is 0 Å². The molecule has 3 rings (SSSR count). The lowest BCUT2D eigenvalue weighted by Gasteiger charge is -2.03. The number of H-pyrrole nitrogens is 1. The van der Waals surface area contributed by atoms with Crippen molar-refractivity contribution >= 4 is 44.2 Å². The molecule has 0 aliphatic heterocycles. The van der Waals surface area contributed by atoms with Crippen molar-refractivity contribution in [3.63, 3.8) is 0 Å². The van der Waals surface area contributed by atoms with Gasteiger partial charge in [-0.25, -0.2) is 0 Å². The Bertz CT molecular complexity index is 779. The molecule has 0 saturated heterocycles. The van der Waals surface area contributed by atoms with E-state index in [2.05, 4.69) is 20.9 Å². The minimum Gasteiger partial charge on any atom is -0.360 e. The second-order valence-electron chi connectivity index (χ2n) is 4.20. The molecule has 1 aromatic heterocycles. The molecule has 1 heterocycles. The molecular weight excluding hydrogens is 326 g/mol. The van der Waals surface area contributed by atoms with Crippen LogP contribution < -0.4 is 0 Å². The summed E-state index contributed by atoms with van der Waals surface area (Å²) in [6.45, 7) is 0. The van der Waals surface area contributed by atoms with Crippen LogP contribution in [0.4, 0.5) is 0 Å². The topological polar surface area (TPSA) is 32.9 Å². The highest BCUT2D eigenvalue weighted by atomic mass is 79.9.